The molecule has 86 valence electrons. The van der Waals surface area contributed by atoms with Crippen molar-refractivity contribution in [1.82, 2.24) is 0 Å². The molecular weight excluding hydrogens is 267 g/mol. The topological polar surface area (TPSA) is 27.7 Å². The molecule has 0 unspecified atom stereocenters. The maximum absolute atomic E-state index is 5.51. The van der Waals surface area contributed by atoms with E-state index < -0.39 is 8.80 Å². The van der Waals surface area contributed by atoms with E-state index in [1.807, 2.05) is 0 Å². The van der Waals surface area contributed by atoms with Gasteiger partial charge in [0.25, 0.3) is 0 Å². The highest BCUT2D eigenvalue weighted by Crippen LogP contribution is 2.09. The Morgan fingerprint density at radius 3 is 1.29 bits per heavy atom. The molecule has 0 aromatic heterocycles. The average Bonchev–Trinajstić information content (AvgIpc) is 2.21. The van der Waals surface area contributed by atoms with E-state index >= 15 is 0 Å². The number of alkyl halides is 3. The van der Waals surface area contributed by atoms with Crippen molar-refractivity contribution in [3.05, 3.63) is 0 Å². The van der Waals surface area contributed by atoms with Gasteiger partial charge < -0.3 is 13.3 Å². The fraction of sp³-hybridized carbons (Fsp3) is 1.00. The van der Waals surface area contributed by atoms with E-state index in [1.165, 1.54) is 0 Å². The van der Waals surface area contributed by atoms with Gasteiger partial charge in [-0.3, -0.25) is 0 Å². The van der Waals surface area contributed by atoms with Crippen LogP contribution in [0, 0.1) is 0 Å². The second-order valence-electron chi connectivity index (χ2n) is 2.47. The molecule has 0 rings (SSSR count). The Kier molecular flexibility index (Phi) is 9.85. The quantitative estimate of drug-likeness (QED) is 0.479. The molecule has 0 bridgehead atoms. The Labute approximate surface area is 101 Å². The summed E-state index contributed by atoms with van der Waals surface area (Å²) in [5, 5.41) is 0. The summed E-state index contributed by atoms with van der Waals surface area (Å²) in [5.74, 6) is 1.24. The Morgan fingerprint density at radius 2 is 1.07 bits per heavy atom. The van der Waals surface area contributed by atoms with Gasteiger partial charge in [-0.25, -0.2) is 0 Å². The predicted octanol–water partition coefficient (Wildman–Crippen LogP) is 2.32. The zero-order valence-corrected chi connectivity index (χ0v) is 11.4. The van der Waals surface area contributed by atoms with Gasteiger partial charge in [0.2, 0.25) is 0 Å². The number of halogens is 3. The first-order valence-corrected chi connectivity index (χ1v) is 8.11. The summed E-state index contributed by atoms with van der Waals surface area (Å²) < 4.78 is 16.3. The molecule has 0 fully saturated rings. The molecule has 0 spiro atoms. The van der Waals surface area contributed by atoms with Gasteiger partial charge in [0.15, 0.2) is 0 Å². The molecule has 0 aromatic rings. The fourth-order valence-corrected chi connectivity index (χ4v) is 3.09. The summed E-state index contributed by atoms with van der Waals surface area (Å²) in [6.07, 6.45) is 0. The van der Waals surface area contributed by atoms with Crippen LogP contribution in [0.25, 0.3) is 0 Å². The van der Waals surface area contributed by atoms with Gasteiger partial charge in [-0.1, -0.05) is 0 Å². The minimum Gasteiger partial charge on any atom is -0.372 e. The van der Waals surface area contributed by atoms with Gasteiger partial charge in [-0.15, -0.1) is 34.8 Å². The highest BCUT2D eigenvalue weighted by Gasteiger charge is 2.34. The first kappa shape index (κ1) is 15.0. The van der Waals surface area contributed by atoms with Crippen LogP contribution in [0.5, 0.6) is 0 Å². The second-order valence-corrected chi connectivity index (χ2v) is 6.20. The fourth-order valence-electron chi connectivity index (χ4n) is 0.797. The van der Waals surface area contributed by atoms with Crippen LogP contribution in [0.1, 0.15) is 0 Å². The standard InChI is InChI=1S/C7H15Cl3O3Si/c1-14(11-5-2-8,12-6-3-9)13-7-4-10/h2-7H2,1H3. The Bertz CT molecular complexity index is 118. The first-order chi connectivity index (χ1) is 6.68. The lowest BCUT2D eigenvalue weighted by molar-refractivity contribution is 0.0800. The molecule has 0 saturated heterocycles. The number of rotatable bonds is 9. The molecule has 0 radical (unpaired) electrons. The van der Waals surface area contributed by atoms with Gasteiger partial charge in [0.1, 0.15) is 0 Å². The molecule has 0 aliphatic heterocycles. The third-order valence-corrected chi connectivity index (χ3v) is 3.97. The predicted molar refractivity (Wildman–Crippen MR) is 61.6 cm³/mol. The normalized spacial score (nSPS) is 12.0. The lowest BCUT2D eigenvalue weighted by Crippen LogP contribution is -2.44. The number of hydrogen-bond acceptors (Lipinski definition) is 3. The van der Waals surface area contributed by atoms with Crippen molar-refractivity contribution >= 4 is 43.6 Å². The molecule has 0 heterocycles. The largest absolute Gasteiger partial charge is 0.497 e. The molecule has 14 heavy (non-hydrogen) atoms. The summed E-state index contributed by atoms with van der Waals surface area (Å²) in [6, 6.07) is 0. The average molecular weight is 282 g/mol. The minimum absolute atomic E-state index is 0.412. The van der Waals surface area contributed by atoms with Crippen molar-refractivity contribution in [3.8, 4) is 0 Å². The number of hydrogen-bond donors (Lipinski definition) is 0. The summed E-state index contributed by atoms with van der Waals surface area (Å²) in [6.45, 7) is 3.04. The molecule has 3 nitrogen and oxygen atoms in total. The lowest BCUT2D eigenvalue weighted by Gasteiger charge is -2.25. The van der Waals surface area contributed by atoms with Crippen molar-refractivity contribution in [2.24, 2.45) is 0 Å². The monoisotopic (exact) mass is 280 g/mol. The summed E-state index contributed by atoms with van der Waals surface area (Å²) in [7, 11) is -2.57. The Morgan fingerprint density at radius 1 is 0.786 bits per heavy atom. The van der Waals surface area contributed by atoms with E-state index in [0.29, 0.717) is 37.5 Å². The van der Waals surface area contributed by atoms with Crippen LogP contribution in [-0.2, 0) is 13.3 Å². The summed E-state index contributed by atoms with van der Waals surface area (Å²) in [4.78, 5) is 0. The van der Waals surface area contributed by atoms with E-state index in [-0.39, 0.29) is 0 Å². The van der Waals surface area contributed by atoms with Crippen molar-refractivity contribution in [1.29, 1.82) is 0 Å². The van der Waals surface area contributed by atoms with Gasteiger partial charge in [-0.05, 0) is 0 Å². The molecule has 0 amide bonds. The van der Waals surface area contributed by atoms with Crippen LogP contribution in [-0.4, -0.2) is 46.3 Å². The molecule has 0 N–H and O–H groups in total. The van der Waals surface area contributed by atoms with Crippen LogP contribution in [0.4, 0.5) is 0 Å². The van der Waals surface area contributed by atoms with Crippen LogP contribution >= 0.6 is 34.8 Å². The van der Waals surface area contributed by atoms with E-state index in [1.54, 1.807) is 6.55 Å². The second kappa shape index (κ2) is 9.21. The van der Waals surface area contributed by atoms with Crippen LogP contribution in [0.3, 0.4) is 0 Å². The Hall–Kier alpha value is 0.967. The third-order valence-electron chi connectivity index (χ3n) is 1.32. The zero-order valence-electron chi connectivity index (χ0n) is 8.10. The van der Waals surface area contributed by atoms with E-state index in [9.17, 15) is 0 Å². The maximum atomic E-state index is 5.51. The van der Waals surface area contributed by atoms with Crippen LogP contribution < -0.4 is 0 Å². The molecule has 7 heteroatoms. The first-order valence-electron chi connectivity index (χ1n) is 4.28. The molecular formula is C7H15Cl3O3Si. The smallest absolute Gasteiger partial charge is 0.372 e. The lowest BCUT2D eigenvalue weighted by atomic mass is 10.9. The van der Waals surface area contributed by atoms with Crippen molar-refractivity contribution in [2.75, 3.05) is 37.5 Å². The highest BCUT2D eigenvalue weighted by molar-refractivity contribution is 6.59. The van der Waals surface area contributed by atoms with E-state index in [0.717, 1.165) is 0 Å². The van der Waals surface area contributed by atoms with Gasteiger partial charge in [0, 0.05) is 24.2 Å². The SMILES string of the molecule is C[Si](OCCCl)(OCCCl)OCCCl. The van der Waals surface area contributed by atoms with Crippen molar-refractivity contribution < 1.29 is 13.3 Å². The van der Waals surface area contributed by atoms with Gasteiger partial charge >= 0.3 is 8.80 Å². The molecule has 0 aliphatic carbocycles. The zero-order chi connectivity index (χ0) is 10.9. The Balaban J connectivity index is 3.89. The van der Waals surface area contributed by atoms with Gasteiger partial charge in [-0.2, -0.15) is 0 Å². The summed E-state index contributed by atoms with van der Waals surface area (Å²) in [5.41, 5.74) is 0. The molecule has 0 atom stereocenters. The van der Waals surface area contributed by atoms with E-state index in [2.05, 4.69) is 0 Å². The highest BCUT2D eigenvalue weighted by atomic mass is 35.5. The maximum Gasteiger partial charge on any atom is 0.497 e. The van der Waals surface area contributed by atoms with Gasteiger partial charge in [0.05, 0.1) is 19.8 Å². The van der Waals surface area contributed by atoms with Crippen molar-refractivity contribution in [2.45, 2.75) is 6.55 Å². The molecule has 0 aliphatic rings. The van der Waals surface area contributed by atoms with E-state index in [4.69, 9.17) is 48.1 Å². The molecule has 0 saturated carbocycles. The summed E-state index contributed by atoms with van der Waals surface area (Å²) >= 11 is 16.5. The molecule has 0 aromatic carbocycles. The van der Waals surface area contributed by atoms with Crippen LogP contribution in [0.2, 0.25) is 6.55 Å². The van der Waals surface area contributed by atoms with Crippen molar-refractivity contribution in [3.63, 3.8) is 0 Å². The third kappa shape index (κ3) is 7.28. The van der Waals surface area contributed by atoms with Crippen LogP contribution in [0.15, 0.2) is 0 Å². The minimum atomic E-state index is -2.57.